The zero-order valence-electron chi connectivity index (χ0n) is 12.7. The molecule has 0 aromatic heterocycles. The minimum atomic E-state index is 0.289. The first kappa shape index (κ1) is 14.5. The Morgan fingerprint density at radius 3 is 2.53 bits per heavy atom. The number of piperidine rings is 1. The Morgan fingerprint density at radius 1 is 1.21 bits per heavy atom. The van der Waals surface area contributed by atoms with Crippen LogP contribution in [-0.2, 0) is 6.54 Å². The van der Waals surface area contributed by atoms with Gasteiger partial charge < -0.3 is 5.32 Å². The van der Waals surface area contributed by atoms with Gasteiger partial charge >= 0.3 is 0 Å². The number of hydrogen-bond donors (Lipinski definition) is 1. The van der Waals surface area contributed by atoms with Crippen molar-refractivity contribution in [2.45, 2.75) is 58.2 Å². The quantitative estimate of drug-likeness (QED) is 0.872. The second kappa shape index (κ2) is 6.53. The summed E-state index contributed by atoms with van der Waals surface area (Å²) in [7, 11) is 0. The summed E-state index contributed by atoms with van der Waals surface area (Å²) in [6.07, 6.45) is 3.99. The second-order valence-corrected chi connectivity index (χ2v) is 6.43. The Kier molecular flexibility index (Phi) is 5.00. The average Bonchev–Trinajstić information content (AvgIpc) is 2.39. The first-order valence-corrected chi connectivity index (χ1v) is 7.62. The molecule has 0 bridgehead atoms. The second-order valence-electron chi connectivity index (χ2n) is 6.43. The predicted octanol–water partition coefficient (Wildman–Crippen LogP) is 3.43. The Labute approximate surface area is 118 Å². The highest BCUT2D eigenvalue weighted by Gasteiger charge is 2.29. The Hall–Kier alpha value is -0.860. The molecule has 0 saturated carbocycles. The Balaban J connectivity index is 2.00. The maximum Gasteiger partial charge on any atom is 0.0280 e. The van der Waals surface area contributed by atoms with Gasteiger partial charge in [0.1, 0.15) is 0 Å². The van der Waals surface area contributed by atoms with Crippen LogP contribution in [0.4, 0.5) is 0 Å². The summed E-state index contributed by atoms with van der Waals surface area (Å²) >= 11 is 0. The number of benzene rings is 1. The van der Waals surface area contributed by atoms with Crippen LogP contribution in [0.5, 0.6) is 0 Å². The molecule has 1 saturated heterocycles. The molecule has 0 aliphatic carbocycles. The molecular weight excluding hydrogens is 232 g/mol. The van der Waals surface area contributed by atoms with E-state index < -0.39 is 0 Å². The average molecular weight is 260 g/mol. The molecule has 1 aromatic rings. The SMILES string of the molecule is CC(C)N(Cc1ccccc1)CC1(C)CCCCN1. The standard InChI is InChI=1S/C17H28N2/c1-15(2)19(13-16-9-5-4-6-10-16)14-17(3)11-7-8-12-18-17/h4-6,9-10,15,18H,7-8,11-14H2,1-3H3. The van der Waals surface area contributed by atoms with Gasteiger partial charge in [-0.15, -0.1) is 0 Å². The molecule has 19 heavy (non-hydrogen) atoms. The lowest BCUT2D eigenvalue weighted by Crippen LogP contribution is -2.54. The molecule has 1 N–H and O–H groups in total. The van der Waals surface area contributed by atoms with Crippen LogP contribution in [0.25, 0.3) is 0 Å². The fourth-order valence-electron chi connectivity index (χ4n) is 2.94. The van der Waals surface area contributed by atoms with Crippen molar-refractivity contribution in [3.8, 4) is 0 Å². The van der Waals surface area contributed by atoms with Gasteiger partial charge in [-0.3, -0.25) is 4.90 Å². The topological polar surface area (TPSA) is 15.3 Å². The number of hydrogen-bond acceptors (Lipinski definition) is 2. The summed E-state index contributed by atoms with van der Waals surface area (Å²) in [6, 6.07) is 11.4. The third-order valence-electron chi connectivity index (χ3n) is 4.22. The molecule has 2 nitrogen and oxygen atoms in total. The van der Waals surface area contributed by atoms with E-state index in [4.69, 9.17) is 0 Å². The minimum absolute atomic E-state index is 0.289. The van der Waals surface area contributed by atoms with Gasteiger partial charge in [0.15, 0.2) is 0 Å². The van der Waals surface area contributed by atoms with Crippen LogP contribution in [0.3, 0.4) is 0 Å². The molecular formula is C17H28N2. The van der Waals surface area contributed by atoms with Crippen molar-refractivity contribution in [1.29, 1.82) is 0 Å². The van der Waals surface area contributed by atoms with Crippen LogP contribution in [0.15, 0.2) is 30.3 Å². The molecule has 0 spiro atoms. The Bertz CT molecular complexity index is 366. The zero-order chi connectivity index (χ0) is 13.7. The highest BCUT2D eigenvalue weighted by atomic mass is 15.2. The highest BCUT2D eigenvalue weighted by molar-refractivity contribution is 5.14. The van der Waals surface area contributed by atoms with Crippen molar-refractivity contribution in [3.63, 3.8) is 0 Å². The van der Waals surface area contributed by atoms with Crippen LogP contribution in [0.2, 0.25) is 0 Å². The van der Waals surface area contributed by atoms with Gasteiger partial charge in [-0.05, 0) is 45.7 Å². The molecule has 1 aliphatic rings. The van der Waals surface area contributed by atoms with Crippen molar-refractivity contribution in [2.24, 2.45) is 0 Å². The van der Waals surface area contributed by atoms with Crippen LogP contribution >= 0.6 is 0 Å². The van der Waals surface area contributed by atoms with E-state index in [1.807, 2.05) is 0 Å². The molecule has 1 fully saturated rings. The lowest BCUT2D eigenvalue weighted by atomic mass is 9.90. The zero-order valence-corrected chi connectivity index (χ0v) is 12.7. The van der Waals surface area contributed by atoms with E-state index in [0.29, 0.717) is 6.04 Å². The first-order chi connectivity index (χ1) is 9.09. The van der Waals surface area contributed by atoms with Crippen molar-refractivity contribution in [1.82, 2.24) is 10.2 Å². The van der Waals surface area contributed by atoms with Crippen LogP contribution in [-0.4, -0.2) is 29.6 Å². The molecule has 2 heteroatoms. The lowest BCUT2D eigenvalue weighted by Gasteiger charge is -2.41. The third-order valence-corrected chi connectivity index (χ3v) is 4.22. The normalized spacial score (nSPS) is 24.1. The van der Waals surface area contributed by atoms with Crippen LogP contribution in [0, 0.1) is 0 Å². The fourth-order valence-corrected chi connectivity index (χ4v) is 2.94. The molecule has 1 aromatic carbocycles. The summed E-state index contributed by atoms with van der Waals surface area (Å²) in [4.78, 5) is 2.59. The largest absolute Gasteiger partial charge is 0.310 e. The van der Waals surface area contributed by atoms with Gasteiger partial charge in [0.2, 0.25) is 0 Å². The first-order valence-electron chi connectivity index (χ1n) is 7.62. The summed E-state index contributed by atoms with van der Waals surface area (Å²) < 4.78 is 0. The number of nitrogens with one attached hydrogen (secondary N) is 1. The van der Waals surface area contributed by atoms with Gasteiger partial charge in [-0.2, -0.15) is 0 Å². The van der Waals surface area contributed by atoms with E-state index in [9.17, 15) is 0 Å². The third kappa shape index (κ3) is 4.32. The molecule has 1 atom stereocenters. The molecule has 2 rings (SSSR count). The van der Waals surface area contributed by atoms with E-state index in [1.165, 1.54) is 31.4 Å². The molecule has 0 amide bonds. The van der Waals surface area contributed by atoms with Gasteiger partial charge in [-0.25, -0.2) is 0 Å². The molecule has 1 aliphatic heterocycles. The van der Waals surface area contributed by atoms with Gasteiger partial charge in [-0.1, -0.05) is 36.8 Å². The van der Waals surface area contributed by atoms with E-state index in [0.717, 1.165) is 13.1 Å². The van der Waals surface area contributed by atoms with Gasteiger partial charge in [0.05, 0.1) is 0 Å². The maximum atomic E-state index is 3.72. The van der Waals surface area contributed by atoms with E-state index in [2.05, 4.69) is 61.3 Å². The Morgan fingerprint density at radius 2 is 1.95 bits per heavy atom. The van der Waals surface area contributed by atoms with Crippen molar-refractivity contribution >= 4 is 0 Å². The lowest BCUT2D eigenvalue weighted by molar-refractivity contribution is 0.130. The van der Waals surface area contributed by atoms with Crippen molar-refractivity contribution in [3.05, 3.63) is 35.9 Å². The monoisotopic (exact) mass is 260 g/mol. The summed E-state index contributed by atoms with van der Waals surface area (Å²) in [5.41, 5.74) is 1.70. The van der Waals surface area contributed by atoms with E-state index in [1.54, 1.807) is 0 Å². The predicted molar refractivity (Wildman–Crippen MR) is 82.2 cm³/mol. The number of rotatable bonds is 5. The fraction of sp³-hybridized carbons (Fsp3) is 0.647. The molecule has 1 unspecified atom stereocenters. The summed E-state index contributed by atoms with van der Waals surface area (Å²) in [5, 5.41) is 3.72. The van der Waals surface area contributed by atoms with Gasteiger partial charge in [0.25, 0.3) is 0 Å². The van der Waals surface area contributed by atoms with E-state index >= 15 is 0 Å². The van der Waals surface area contributed by atoms with Crippen LogP contribution < -0.4 is 5.32 Å². The van der Waals surface area contributed by atoms with Crippen molar-refractivity contribution in [2.75, 3.05) is 13.1 Å². The molecule has 106 valence electrons. The maximum absolute atomic E-state index is 3.72. The summed E-state index contributed by atoms with van der Waals surface area (Å²) in [6.45, 7) is 10.3. The molecule has 1 heterocycles. The highest BCUT2D eigenvalue weighted by Crippen LogP contribution is 2.22. The van der Waals surface area contributed by atoms with Gasteiger partial charge in [0, 0.05) is 24.7 Å². The minimum Gasteiger partial charge on any atom is -0.310 e. The summed E-state index contributed by atoms with van der Waals surface area (Å²) in [5.74, 6) is 0. The van der Waals surface area contributed by atoms with Crippen LogP contribution in [0.1, 0.15) is 45.6 Å². The molecule has 0 radical (unpaired) electrons. The number of nitrogens with zero attached hydrogens (tertiary/aromatic N) is 1. The smallest absolute Gasteiger partial charge is 0.0280 e. The van der Waals surface area contributed by atoms with E-state index in [-0.39, 0.29) is 5.54 Å². The van der Waals surface area contributed by atoms with Crippen molar-refractivity contribution < 1.29 is 0 Å².